The molecule has 0 amide bonds. The molecule has 0 unspecified atom stereocenters. The smallest absolute Gasteiger partial charge is 0.214 e. The van der Waals surface area contributed by atoms with E-state index in [1.165, 1.54) is 0 Å². The summed E-state index contributed by atoms with van der Waals surface area (Å²) in [5.41, 5.74) is 15.9. The van der Waals surface area contributed by atoms with E-state index in [-0.39, 0.29) is 0 Å². The molecule has 4 aromatic rings. The predicted molar refractivity (Wildman–Crippen MR) is 130 cm³/mol. The number of hydrogen-bond acceptors (Lipinski definition) is 5. The average molecular weight is 449 g/mol. The summed E-state index contributed by atoms with van der Waals surface area (Å²) in [7, 11) is 0. The first-order valence-corrected chi connectivity index (χ1v) is 11.3. The first-order chi connectivity index (χ1) is 16.2. The van der Waals surface area contributed by atoms with Gasteiger partial charge in [0.2, 0.25) is 11.0 Å². The van der Waals surface area contributed by atoms with Crippen molar-refractivity contribution in [3.05, 3.63) is 73.1 Å². The monoisotopic (exact) mass is 448 g/mol. The molecule has 4 N–H and O–H groups in total. The van der Waals surface area contributed by atoms with Gasteiger partial charge in [-0.25, -0.2) is 0 Å². The van der Waals surface area contributed by atoms with Crippen LogP contribution in [0.3, 0.4) is 0 Å². The van der Waals surface area contributed by atoms with Crippen LogP contribution in [0.5, 0.6) is 0 Å². The molecule has 0 atom stereocenters. The van der Waals surface area contributed by atoms with Crippen LogP contribution >= 0.6 is 0 Å². The standard InChI is InChI=1S/C26H30N4O3/c27-23-9-11-29(25-7-3-1-5-21(23)25)13-15-31-17-19-33-20-18-32-16-14-30-12-10-24(28)22-6-2-4-8-26(22)30/h1-12,27-28H,13-20H2/p+2. The number of rotatable bonds is 12. The molecular weight excluding hydrogens is 416 g/mol. The Hall–Kier alpha value is -3.26. The second kappa shape index (κ2) is 11.6. The van der Waals surface area contributed by atoms with Crippen molar-refractivity contribution in [2.45, 2.75) is 13.1 Å². The van der Waals surface area contributed by atoms with Crippen molar-refractivity contribution in [1.29, 1.82) is 0 Å². The summed E-state index contributed by atoms with van der Waals surface area (Å²) in [6.45, 7) is 4.97. The highest BCUT2D eigenvalue weighted by molar-refractivity contribution is 5.88. The molecule has 0 fully saturated rings. The van der Waals surface area contributed by atoms with Gasteiger partial charge in [0, 0.05) is 24.3 Å². The third kappa shape index (κ3) is 5.96. The zero-order valence-corrected chi connectivity index (χ0v) is 18.9. The van der Waals surface area contributed by atoms with Gasteiger partial charge in [-0.15, -0.1) is 0 Å². The summed E-state index contributed by atoms with van der Waals surface area (Å²) >= 11 is 0. The van der Waals surface area contributed by atoms with Crippen LogP contribution in [-0.4, -0.2) is 39.6 Å². The van der Waals surface area contributed by atoms with E-state index >= 15 is 0 Å². The van der Waals surface area contributed by atoms with Crippen LogP contribution in [0.15, 0.2) is 73.1 Å². The quantitative estimate of drug-likeness (QED) is 0.257. The van der Waals surface area contributed by atoms with Crippen LogP contribution in [0.2, 0.25) is 0 Å². The highest BCUT2D eigenvalue weighted by atomic mass is 16.5. The number of fused-ring (bicyclic) bond motifs is 2. The number of pyridine rings is 2. The molecule has 2 heterocycles. The van der Waals surface area contributed by atoms with Gasteiger partial charge < -0.3 is 25.7 Å². The first-order valence-electron chi connectivity index (χ1n) is 11.3. The highest BCUT2D eigenvalue weighted by Crippen LogP contribution is 2.17. The number of nitrogen functional groups attached to an aromatic ring is 2. The minimum absolute atomic E-state index is 0.549. The lowest BCUT2D eigenvalue weighted by molar-refractivity contribution is -0.673. The van der Waals surface area contributed by atoms with E-state index in [9.17, 15) is 0 Å². The molecule has 7 heteroatoms. The van der Waals surface area contributed by atoms with Gasteiger partial charge in [0.05, 0.1) is 48.6 Å². The summed E-state index contributed by atoms with van der Waals surface area (Å²) in [6.07, 6.45) is 4.00. The second-order valence-electron chi connectivity index (χ2n) is 7.80. The van der Waals surface area contributed by atoms with Gasteiger partial charge in [-0.3, -0.25) is 0 Å². The molecule has 172 valence electrons. The fourth-order valence-corrected chi connectivity index (χ4v) is 3.87. The lowest BCUT2D eigenvalue weighted by atomic mass is 10.2. The number of hydrogen-bond donors (Lipinski definition) is 2. The highest BCUT2D eigenvalue weighted by Gasteiger charge is 2.11. The van der Waals surface area contributed by atoms with Crippen molar-refractivity contribution in [3.8, 4) is 0 Å². The topological polar surface area (TPSA) is 87.5 Å². The van der Waals surface area contributed by atoms with Crippen molar-refractivity contribution >= 4 is 33.2 Å². The van der Waals surface area contributed by atoms with Gasteiger partial charge in [0.25, 0.3) is 0 Å². The third-order valence-electron chi connectivity index (χ3n) is 5.61. The maximum Gasteiger partial charge on any atom is 0.214 e. The second-order valence-corrected chi connectivity index (χ2v) is 7.80. The third-order valence-corrected chi connectivity index (χ3v) is 5.61. The molecule has 0 radical (unpaired) electrons. The fraction of sp³-hybridized carbons (Fsp3) is 0.308. The number of ether oxygens (including phenoxy) is 3. The number of para-hydroxylation sites is 2. The zero-order valence-electron chi connectivity index (χ0n) is 18.9. The Kier molecular flexibility index (Phi) is 8.03. The molecule has 4 rings (SSSR count). The normalized spacial score (nSPS) is 11.4. The molecule has 2 aromatic carbocycles. The molecule has 0 aliphatic rings. The van der Waals surface area contributed by atoms with E-state index in [1.54, 1.807) is 0 Å². The van der Waals surface area contributed by atoms with Crippen LogP contribution in [0.25, 0.3) is 21.8 Å². The lowest BCUT2D eigenvalue weighted by Gasteiger charge is -2.07. The zero-order chi connectivity index (χ0) is 22.9. The predicted octanol–water partition coefficient (Wildman–Crippen LogP) is 2.48. The summed E-state index contributed by atoms with van der Waals surface area (Å²) < 4.78 is 21.4. The Morgan fingerprint density at radius 2 is 0.909 bits per heavy atom. The minimum Gasteiger partial charge on any atom is -0.398 e. The Bertz CT molecular complexity index is 1110. The number of aromatic nitrogens is 2. The van der Waals surface area contributed by atoms with Crippen LogP contribution < -0.4 is 20.6 Å². The molecule has 0 aliphatic carbocycles. The van der Waals surface area contributed by atoms with E-state index in [1.807, 2.05) is 60.9 Å². The Balaban J connectivity index is 1.07. The number of benzene rings is 2. The van der Waals surface area contributed by atoms with Gasteiger partial charge in [-0.1, -0.05) is 24.3 Å². The van der Waals surface area contributed by atoms with E-state index in [0.29, 0.717) is 39.6 Å². The van der Waals surface area contributed by atoms with Crippen molar-refractivity contribution in [2.24, 2.45) is 0 Å². The summed E-state index contributed by atoms with van der Waals surface area (Å²) in [6, 6.07) is 20.1. The number of nitrogens with two attached hydrogens (primary N) is 2. The van der Waals surface area contributed by atoms with Crippen molar-refractivity contribution in [2.75, 3.05) is 51.1 Å². The van der Waals surface area contributed by atoms with Crippen LogP contribution in [-0.2, 0) is 27.3 Å². The molecule has 0 spiro atoms. The molecular formula is C26H32N4O3+2. The molecule has 0 aliphatic heterocycles. The molecule has 0 bridgehead atoms. The number of anilines is 2. The molecule has 33 heavy (non-hydrogen) atoms. The Labute approximate surface area is 194 Å². The molecule has 2 aromatic heterocycles. The van der Waals surface area contributed by atoms with E-state index in [2.05, 4.69) is 21.3 Å². The largest absolute Gasteiger partial charge is 0.398 e. The van der Waals surface area contributed by atoms with E-state index in [0.717, 1.165) is 46.3 Å². The van der Waals surface area contributed by atoms with Gasteiger partial charge in [0.1, 0.15) is 13.2 Å². The van der Waals surface area contributed by atoms with Crippen LogP contribution in [0, 0.1) is 0 Å². The molecule has 0 saturated carbocycles. The summed E-state index contributed by atoms with van der Waals surface area (Å²) in [4.78, 5) is 0. The Morgan fingerprint density at radius 1 is 0.515 bits per heavy atom. The fourth-order valence-electron chi connectivity index (χ4n) is 3.87. The molecule has 0 saturated heterocycles. The number of nitrogens with zero attached hydrogens (tertiary/aromatic N) is 2. The SMILES string of the molecule is Nc1cc[n+](CCOCCOCCOCC[n+]2ccc(N)c3ccccc32)c2ccccc12. The van der Waals surface area contributed by atoms with Crippen molar-refractivity contribution in [3.63, 3.8) is 0 Å². The van der Waals surface area contributed by atoms with Gasteiger partial charge >= 0.3 is 0 Å². The minimum atomic E-state index is 0.549. The lowest BCUT2D eigenvalue weighted by Crippen LogP contribution is -2.37. The van der Waals surface area contributed by atoms with E-state index in [4.69, 9.17) is 25.7 Å². The first kappa shape index (κ1) is 22.9. The maximum absolute atomic E-state index is 6.06. The van der Waals surface area contributed by atoms with E-state index < -0.39 is 0 Å². The van der Waals surface area contributed by atoms with Gasteiger partial charge in [-0.2, -0.15) is 9.13 Å². The summed E-state index contributed by atoms with van der Waals surface area (Å²) in [5, 5.41) is 2.12. The van der Waals surface area contributed by atoms with Crippen molar-refractivity contribution in [1.82, 2.24) is 0 Å². The van der Waals surface area contributed by atoms with Crippen LogP contribution in [0.1, 0.15) is 0 Å². The summed E-state index contributed by atoms with van der Waals surface area (Å²) in [5.74, 6) is 0. The maximum atomic E-state index is 6.06. The van der Waals surface area contributed by atoms with Crippen LogP contribution in [0.4, 0.5) is 11.4 Å². The average Bonchev–Trinajstić information content (AvgIpc) is 2.85. The molecule has 7 nitrogen and oxygen atoms in total. The van der Waals surface area contributed by atoms with Crippen molar-refractivity contribution < 1.29 is 23.3 Å². The van der Waals surface area contributed by atoms with Gasteiger partial charge in [0.15, 0.2) is 25.5 Å². The Morgan fingerprint density at radius 3 is 1.36 bits per heavy atom. The van der Waals surface area contributed by atoms with Gasteiger partial charge in [-0.05, 0) is 12.1 Å².